The first-order chi connectivity index (χ1) is 17.7. The van der Waals surface area contributed by atoms with E-state index in [-0.39, 0.29) is 19.6 Å². The first-order valence-corrected chi connectivity index (χ1v) is 13.5. The standard InChI is InChI=1S/C29H32INO6/c1-4-31(28(34)37-18-20-8-6-5-7-9-20)17-22-16-23(29(2,35)19-30)11-12-24(22)25-14-21(15-27(32)33)10-13-26(25)36-3/h5-14,16,35H,4,15,17-19H2,1-3H3,(H,32,33). The summed E-state index contributed by atoms with van der Waals surface area (Å²) in [7, 11) is 1.56. The van der Waals surface area contributed by atoms with Gasteiger partial charge in [0.1, 0.15) is 12.4 Å². The molecule has 3 aromatic rings. The number of rotatable bonds is 11. The van der Waals surface area contributed by atoms with Gasteiger partial charge < -0.3 is 24.6 Å². The van der Waals surface area contributed by atoms with Gasteiger partial charge in [-0.05, 0) is 53.8 Å². The molecule has 0 bridgehead atoms. The number of benzene rings is 3. The molecule has 8 heteroatoms. The van der Waals surface area contributed by atoms with E-state index in [9.17, 15) is 19.8 Å². The van der Waals surface area contributed by atoms with Crippen LogP contribution in [0.2, 0.25) is 0 Å². The van der Waals surface area contributed by atoms with Crippen molar-refractivity contribution in [2.45, 2.75) is 39.0 Å². The summed E-state index contributed by atoms with van der Waals surface area (Å²) in [5, 5.41) is 20.2. The van der Waals surface area contributed by atoms with Crippen molar-refractivity contribution in [2.24, 2.45) is 0 Å². The summed E-state index contributed by atoms with van der Waals surface area (Å²) in [6.45, 7) is 4.44. The topological polar surface area (TPSA) is 96.3 Å². The van der Waals surface area contributed by atoms with Crippen molar-refractivity contribution in [3.05, 3.63) is 89.0 Å². The number of aliphatic carboxylic acids is 1. The maximum atomic E-state index is 13.0. The summed E-state index contributed by atoms with van der Waals surface area (Å²) in [5.74, 6) is -0.346. The van der Waals surface area contributed by atoms with Crippen molar-refractivity contribution in [3.63, 3.8) is 0 Å². The smallest absolute Gasteiger partial charge is 0.410 e. The second-order valence-corrected chi connectivity index (χ2v) is 9.70. The quantitative estimate of drug-likeness (QED) is 0.209. The Morgan fingerprint density at radius 2 is 1.73 bits per heavy atom. The van der Waals surface area contributed by atoms with E-state index in [0.717, 1.165) is 22.3 Å². The van der Waals surface area contributed by atoms with Gasteiger partial charge in [0.25, 0.3) is 0 Å². The van der Waals surface area contributed by atoms with Crippen LogP contribution in [0.3, 0.4) is 0 Å². The molecule has 3 aromatic carbocycles. The third-order valence-corrected chi connectivity index (χ3v) is 7.59. The molecule has 0 fully saturated rings. The number of hydrogen-bond acceptors (Lipinski definition) is 5. The Bertz CT molecular complexity index is 1230. The van der Waals surface area contributed by atoms with Gasteiger partial charge >= 0.3 is 12.1 Å². The lowest BCUT2D eigenvalue weighted by atomic mass is 9.90. The van der Waals surface area contributed by atoms with Crippen LogP contribution in [-0.2, 0) is 34.7 Å². The summed E-state index contributed by atoms with van der Waals surface area (Å²) in [4.78, 5) is 25.9. The predicted molar refractivity (Wildman–Crippen MR) is 151 cm³/mol. The normalized spacial score (nSPS) is 12.5. The second-order valence-electron chi connectivity index (χ2n) is 8.94. The first kappa shape index (κ1) is 28.5. The number of carbonyl (C=O) groups excluding carboxylic acids is 1. The van der Waals surface area contributed by atoms with Crippen LogP contribution >= 0.6 is 22.6 Å². The largest absolute Gasteiger partial charge is 0.496 e. The molecule has 3 rings (SSSR count). The SMILES string of the molecule is CCN(Cc1cc(C(C)(O)CI)ccc1-c1cc(CC(=O)O)ccc1OC)C(=O)OCc1ccccc1. The zero-order chi connectivity index (χ0) is 27.0. The van der Waals surface area contributed by atoms with Crippen molar-refractivity contribution < 1.29 is 29.3 Å². The fourth-order valence-electron chi connectivity index (χ4n) is 3.97. The van der Waals surface area contributed by atoms with Crippen LogP contribution in [0.4, 0.5) is 4.79 Å². The number of hydrogen-bond donors (Lipinski definition) is 2. The highest BCUT2D eigenvalue weighted by atomic mass is 127. The molecule has 196 valence electrons. The van der Waals surface area contributed by atoms with Crippen molar-refractivity contribution in [3.8, 4) is 16.9 Å². The van der Waals surface area contributed by atoms with Crippen molar-refractivity contribution in [1.82, 2.24) is 4.90 Å². The molecule has 37 heavy (non-hydrogen) atoms. The molecule has 0 radical (unpaired) electrons. The lowest BCUT2D eigenvalue weighted by Gasteiger charge is -2.26. The summed E-state index contributed by atoms with van der Waals surface area (Å²) < 4.78 is 11.7. The fourth-order valence-corrected chi connectivity index (χ4v) is 4.41. The molecule has 0 aliphatic heterocycles. The van der Waals surface area contributed by atoms with Gasteiger partial charge in [-0.15, -0.1) is 0 Å². The number of amides is 1. The van der Waals surface area contributed by atoms with Gasteiger partial charge in [-0.1, -0.05) is 77.2 Å². The number of methoxy groups -OCH3 is 1. The molecule has 1 amide bonds. The van der Waals surface area contributed by atoms with Crippen LogP contribution in [0.25, 0.3) is 11.1 Å². The molecule has 0 saturated carbocycles. The maximum absolute atomic E-state index is 13.0. The lowest BCUT2D eigenvalue weighted by molar-refractivity contribution is -0.136. The van der Waals surface area contributed by atoms with E-state index in [0.29, 0.717) is 27.8 Å². The van der Waals surface area contributed by atoms with Crippen molar-refractivity contribution >= 4 is 34.7 Å². The average molecular weight is 617 g/mol. The Morgan fingerprint density at radius 3 is 2.35 bits per heavy atom. The molecule has 0 spiro atoms. The monoisotopic (exact) mass is 617 g/mol. The Labute approximate surface area is 231 Å². The second kappa shape index (κ2) is 12.9. The Balaban J connectivity index is 2.01. The summed E-state index contributed by atoms with van der Waals surface area (Å²) in [5.41, 5.74) is 3.47. The fraction of sp³-hybridized carbons (Fsp3) is 0.310. The van der Waals surface area contributed by atoms with Gasteiger partial charge in [0.05, 0.1) is 19.1 Å². The first-order valence-electron chi connectivity index (χ1n) is 11.9. The van der Waals surface area contributed by atoms with E-state index in [1.165, 1.54) is 0 Å². The minimum absolute atomic E-state index is 0.124. The van der Waals surface area contributed by atoms with Crippen molar-refractivity contribution in [1.29, 1.82) is 0 Å². The molecule has 2 N–H and O–H groups in total. The number of aliphatic hydroxyl groups is 1. The van der Waals surface area contributed by atoms with Crippen LogP contribution < -0.4 is 4.74 Å². The molecule has 0 aromatic heterocycles. The number of carbonyl (C=O) groups is 2. The molecular formula is C29H32INO6. The molecule has 1 unspecified atom stereocenters. The average Bonchev–Trinajstić information content (AvgIpc) is 2.90. The summed E-state index contributed by atoms with van der Waals surface area (Å²) >= 11 is 2.14. The van der Waals surface area contributed by atoms with E-state index < -0.39 is 17.7 Å². The van der Waals surface area contributed by atoms with Gasteiger partial charge in [-0.3, -0.25) is 4.79 Å². The van der Waals surface area contributed by atoms with E-state index in [2.05, 4.69) is 22.6 Å². The molecule has 0 aliphatic carbocycles. The van der Waals surface area contributed by atoms with Crippen LogP contribution in [0.15, 0.2) is 66.7 Å². The molecule has 0 saturated heterocycles. The number of carboxylic acid groups (broad SMARTS) is 1. The molecule has 1 atom stereocenters. The highest BCUT2D eigenvalue weighted by Gasteiger charge is 2.25. The Morgan fingerprint density at radius 1 is 1.00 bits per heavy atom. The maximum Gasteiger partial charge on any atom is 0.410 e. The van der Waals surface area contributed by atoms with Gasteiger partial charge in [-0.25, -0.2) is 4.79 Å². The molecule has 0 aliphatic rings. The minimum Gasteiger partial charge on any atom is -0.496 e. The van der Waals surface area contributed by atoms with Gasteiger partial charge in [-0.2, -0.15) is 0 Å². The van der Waals surface area contributed by atoms with E-state index in [1.54, 1.807) is 37.1 Å². The van der Waals surface area contributed by atoms with Gasteiger partial charge in [0, 0.05) is 23.1 Å². The zero-order valence-electron chi connectivity index (χ0n) is 21.2. The molecule has 0 heterocycles. The number of ether oxygens (including phenoxy) is 2. The Hall–Kier alpha value is -3.11. The lowest BCUT2D eigenvalue weighted by Crippen LogP contribution is -2.31. The van der Waals surface area contributed by atoms with Crippen LogP contribution in [0.5, 0.6) is 5.75 Å². The Kier molecular flexibility index (Phi) is 9.93. The minimum atomic E-state index is -1.06. The number of carboxylic acids is 1. The highest BCUT2D eigenvalue weighted by Crippen LogP contribution is 2.36. The van der Waals surface area contributed by atoms with E-state index in [1.807, 2.05) is 55.5 Å². The number of nitrogens with zero attached hydrogens (tertiary/aromatic N) is 1. The summed E-state index contributed by atoms with van der Waals surface area (Å²) in [6, 6.07) is 20.4. The van der Waals surface area contributed by atoms with Crippen molar-refractivity contribution in [2.75, 3.05) is 18.1 Å². The number of alkyl halides is 1. The third-order valence-electron chi connectivity index (χ3n) is 6.10. The predicted octanol–water partition coefficient (Wildman–Crippen LogP) is 5.79. The number of halogens is 1. The van der Waals surface area contributed by atoms with Gasteiger partial charge in [0.15, 0.2) is 0 Å². The van der Waals surface area contributed by atoms with E-state index in [4.69, 9.17) is 9.47 Å². The molecular weight excluding hydrogens is 585 g/mol. The third kappa shape index (κ3) is 7.45. The highest BCUT2D eigenvalue weighted by molar-refractivity contribution is 14.1. The van der Waals surface area contributed by atoms with Gasteiger partial charge in [0.2, 0.25) is 0 Å². The van der Waals surface area contributed by atoms with E-state index >= 15 is 0 Å². The van der Waals surface area contributed by atoms with Crippen LogP contribution in [-0.4, -0.2) is 45.3 Å². The van der Waals surface area contributed by atoms with Crippen LogP contribution in [0, 0.1) is 0 Å². The van der Waals surface area contributed by atoms with Crippen LogP contribution in [0.1, 0.15) is 36.1 Å². The summed E-state index contributed by atoms with van der Waals surface area (Å²) in [6.07, 6.45) is -0.573. The zero-order valence-corrected chi connectivity index (χ0v) is 23.4. The molecule has 7 nitrogen and oxygen atoms in total.